The minimum Gasteiger partial charge on any atom is -0.493 e. The number of ether oxygens (including phenoxy) is 5. The number of hydrogen-bond acceptors (Lipinski definition) is 5. The van der Waals surface area contributed by atoms with Crippen LogP contribution in [0.3, 0.4) is 0 Å². The molecule has 4 rings (SSSR count). The number of hydrogen-bond donors (Lipinski definition) is 0. The van der Waals surface area contributed by atoms with Crippen molar-refractivity contribution in [1.29, 1.82) is 0 Å². The van der Waals surface area contributed by atoms with Crippen LogP contribution in [0.25, 0.3) is 6.08 Å². The van der Waals surface area contributed by atoms with Crippen LogP contribution in [0.5, 0.6) is 28.7 Å². The van der Waals surface area contributed by atoms with Gasteiger partial charge in [-0.05, 0) is 53.8 Å². The van der Waals surface area contributed by atoms with Gasteiger partial charge in [-0.25, -0.2) is 0 Å². The lowest BCUT2D eigenvalue weighted by atomic mass is 9.72. The molecule has 1 aliphatic carbocycles. The number of allylic oxidation sites excluding steroid dienone is 1. The fourth-order valence-corrected chi connectivity index (χ4v) is 4.03. The van der Waals surface area contributed by atoms with Gasteiger partial charge in [0.2, 0.25) is 12.5 Å². The third kappa shape index (κ3) is 2.78. The molecular weight excluding hydrogens is 344 g/mol. The van der Waals surface area contributed by atoms with Crippen molar-refractivity contribution in [3.63, 3.8) is 0 Å². The van der Waals surface area contributed by atoms with Crippen LogP contribution in [-0.2, 0) is 0 Å². The SMILES string of the molecule is COc1cc([C@H]2c3cc4c(cc3C=C(C)[C@@H]2C)OCO4)cc(OC)c1OC. The summed E-state index contributed by atoms with van der Waals surface area (Å²) in [6.45, 7) is 4.68. The van der Waals surface area contributed by atoms with E-state index in [0.717, 1.165) is 22.6 Å². The van der Waals surface area contributed by atoms with E-state index in [9.17, 15) is 0 Å². The van der Waals surface area contributed by atoms with Crippen molar-refractivity contribution in [2.24, 2.45) is 5.92 Å². The zero-order valence-electron chi connectivity index (χ0n) is 16.3. The van der Waals surface area contributed by atoms with E-state index in [4.69, 9.17) is 23.7 Å². The van der Waals surface area contributed by atoms with E-state index in [-0.39, 0.29) is 12.7 Å². The normalized spacial score (nSPS) is 20.0. The second kappa shape index (κ2) is 6.72. The van der Waals surface area contributed by atoms with Crippen LogP contribution in [0.15, 0.2) is 29.8 Å². The first-order valence-corrected chi connectivity index (χ1v) is 8.99. The molecule has 0 spiro atoms. The molecule has 2 aromatic carbocycles. The molecule has 2 atom stereocenters. The molecule has 2 aromatic rings. The van der Waals surface area contributed by atoms with Gasteiger partial charge in [0.15, 0.2) is 23.0 Å². The highest BCUT2D eigenvalue weighted by molar-refractivity contribution is 5.68. The first-order valence-electron chi connectivity index (χ1n) is 8.99. The monoisotopic (exact) mass is 368 g/mol. The summed E-state index contributed by atoms with van der Waals surface area (Å²) in [6, 6.07) is 8.24. The predicted octanol–water partition coefficient (Wildman–Crippen LogP) is 4.63. The molecule has 0 N–H and O–H groups in total. The van der Waals surface area contributed by atoms with Crippen LogP contribution >= 0.6 is 0 Å². The molecule has 0 fully saturated rings. The zero-order valence-corrected chi connectivity index (χ0v) is 16.3. The first-order chi connectivity index (χ1) is 13.1. The van der Waals surface area contributed by atoms with Gasteiger partial charge in [0.25, 0.3) is 0 Å². The maximum Gasteiger partial charge on any atom is 0.231 e. The number of methoxy groups -OCH3 is 3. The van der Waals surface area contributed by atoms with E-state index in [1.807, 2.05) is 12.1 Å². The van der Waals surface area contributed by atoms with E-state index in [1.54, 1.807) is 21.3 Å². The Hall–Kier alpha value is -2.82. The van der Waals surface area contributed by atoms with Crippen molar-refractivity contribution in [2.45, 2.75) is 19.8 Å². The van der Waals surface area contributed by atoms with Crippen molar-refractivity contribution in [2.75, 3.05) is 28.1 Å². The van der Waals surface area contributed by atoms with Crippen molar-refractivity contribution in [3.8, 4) is 28.7 Å². The Morgan fingerprint density at radius 1 is 0.889 bits per heavy atom. The number of benzene rings is 2. The highest BCUT2D eigenvalue weighted by Crippen LogP contribution is 2.49. The van der Waals surface area contributed by atoms with E-state index in [1.165, 1.54) is 11.1 Å². The van der Waals surface area contributed by atoms with Crippen LogP contribution in [0.2, 0.25) is 0 Å². The van der Waals surface area contributed by atoms with Gasteiger partial charge in [0.1, 0.15) is 0 Å². The van der Waals surface area contributed by atoms with Crippen LogP contribution in [0.4, 0.5) is 0 Å². The third-order valence-corrected chi connectivity index (χ3v) is 5.56. The molecule has 0 saturated heterocycles. The maximum atomic E-state index is 5.62. The Balaban J connectivity index is 1.90. The summed E-state index contributed by atoms with van der Waals surface area (Å²) in [7, 11) is 4.90. The summed E-state index contributed by atoms with van der Waals surface area (Å²) in [5, 5.41) is 0. The lowest BCUT2D eigenvalue weighted by Crippen LogP contribution is -2.18. The molecule has 0 bridgehead atoms. The van der Waals surface area contributed by atoms with Gasteiger partial charge in [-0.2, -0.15) is 0 Å². The molecule has 1 aliphatic heterocycles. The lowest BCUT2D eigenvalue weighted by molar-refractivity contribution is 0.174. The highest BCUT2D eigenvalue weighted by atomic mass is 16.7. The van der Waals surface area contributed by atoms with E-state index in [2.05, 4.69) is 32.1 Å². The fourth-order valence-electron chi connectivity index (χ4n) is 4.03. The Morgan fingerprint density at radius 3 is 2.11 bits per heavy atom. The fraction of sp³-hybridized carbons (Fsp3) is 0.364. The van der Waals surface area contributed by atoms with Gasteiger partial charge in [-0.15, -0.1) is 0 Å². The number of fused-ring (bicyclic) bond motifs is 2. The smallest absolute Gasteiger partial charge is 0.231 e. The predicted molar refractivity (Wildman–Crippen MR) is 103 cm³/mol. The quantitative estimate of drug-likeness (QED) is 0.788. The standard InChI is InChI=1S/C22H24O5/c1-12-6-14-7-17-18(27-11-26-17)10-16(14)21(13(12)2)15-8-19(23-3)22(25-5)20(9-15)24-4/h6-10,13,21H,11H2,1-5H3/t13-,21-/m0/s1. The Morgan fingerprint density at radius 2 is 1.52 bits per heavy atom. The zero-order chi connectivity index (χ0) is 19.1. The lowest BCUT2D eigenvalue weighted by Gasteiger charge is -2.32. The summed E-state index contributed by atoms with van der Waals surface area (Å²) < 4.78 is 27.8. The summed E-state index contributed by atoms with van der Waals surface area (Å²) in [4.78, 5) is 0. The molecular formula is C22H24O5. The Kier molecular flexibility index (Phi) is 4.38. The summed E-state index contributed by atoms with van der Waals surface area (Å²) in [5.41, 5.74) is 4.81. The van der Waals surface area contributed by atoms with Crippen molar-refractivity contribution < 1.29 is 23.7 Å². The van der Waals surface area contributed by atoms with Crippen LogP contribution < -0.4 is 23.7 Å². The Bertz CT molecular complexity index is 890. The van der Waals surface area contributed by atoms with Crippen molar-refractivity contribution in [1.82, 2.24) is 0 Å². The topological polar surface area (TPSA) is 46.2 Å². The molecule has 0 radical (unpaired) electrons. The van der Waals surface area contributed by atoms with Crippen LogP contribution in [0.1, 0.15) is 36.5 Å². The van der Waals surface area contributed by atoms with Gasteiger partial charge in [-0.3, -0.25) is 0 Å². The molecule has 0 aromatic heterocycles. The minimum atomic E-state index is 0.146. The molecule has 142 valence electrons. The molecule has 5 heteroatoms. The van der Waals surface area contributed by atoms with E-state index >= 15 is 0 Å². The van der Waals surface area contributed by atoms with Gasteiger partial charge in [-0.1, -0.05) is 18.6 Å². The van der Waals surface area contributed by atoms with E-state index < -0.39 is 0 Å². The minimum absolute atomic E-state index is 0.146. The van der Waals surface area contributed by atoms with Crippen LogP contribution in [0, 0.1) is 5.92 Å². The highest BCUT2D eigenvalue weighted by Gasteiger charge is 2.32. The van der Waals surface area contributed by atoms with Crippen molar-refractivity contribution >= 4 is 6.08 Å². The van der Waals surface area contributed by atoms with Gasteiger partial charge >= 0.3 is 0 Å². The number of rotatable bonds is 4. The average Bonchev–Trinajstić information content (AvgIpc) is 3.13. The molecule has 27 heavy (non-hydrogen) atoms. The van der Waals surface area contributed by atoms with Gasteiger partial charge in [0, 0.05) is 5.92 Å². The largest absolute Gasteiger partial charge is 0.493 e. The van der Waals surface area contributed by atoms with Gasteiger partial charge in [0.05, 0.1) is 21.3 Å². The molecule has 0 unspecified atom stereocenters. The maximum absolute atomic E-state index is 5.62. The summed E-state index contributed by atoms with van der Waals surface area (Å²) in [5.74, 6) is 3.99. The van der Waals surface area contributed by atoms with E-state index in [0.29, 0.717) is 23.2 Å². The first kappa shape index (κ1) is 17.6. The molecule has 1 heterocycles. The van der Waals surface area contributed by atoms with Gasteiger partial charge < -0.3 is 23.7 Å². The molecule has 0 saturated carbocycles. The second-order valence-electron chi connectivity index (χ2n) is 6.95. The summed E-state index contributed by atoms with van der Waals surface area (Å²) in [6.07, 6.45) is 2.23. The van der Waals surface area contributed by atoms with Crippen LogP contribution in [-0.4, -0.2) is 28.1 Å². The Labute approximate surface area is 159 Å². The average molecular weight is 368 g/mol. The third-order valence-electron chi connectivity index (χ3n) is 5.56. The molecule has 5 nitrogen and oxygen atoms in total. The summed E-state index contributed by atoms with van der Waals surface area (Å²) >= 11 is 0. The van der Waals surface area contributed by atoms with Crippen molar-refractivity contribution in [3.05, 3.63) is 46.5 Å². The second-order valence-corrected chi connectivity index (χ2v) is 6.95. The molecule has 2 aliphatic rings. The molecule has 0 amide bonds.